The summed E-state index contributed by atoms with van der Waals surface area (Å²) in [6.45, 7) is 6.60. The molecular formula is C60H108O6. The van der Waals surface area contributed by atoms with Gasteiger partial charge in [0, 0.05) is 19.3 Å². The lowest BCUT2D eigenvalue weighted by atomic mass is 10.1. The third-order valence-electron chi connectivity index (χ3n) is 12.5. The van der Waals surface area contributed by atoms with E-state index in [9.17, 15) is 14.4 Å². The van der Waals surface area contributed by atoms with Crippen LogP contribution in [0, 0.1) is 0 Å². The van der Waals surface area contributed by atoms with Gasteiger partial charge in [0.15, 0.2) is 6.10 Å². The Morgan fingerprint density at radius 1 is 0.303 bits per heavy atom. The molecule has 0 rings (SSSR count). The van der Waals surface area contributed by atoms with Gasteiger partial charge in [-0.15, -0.1) is 0 Å². The summed E-state index contributed by atoms with van der Waals surface area (Å²) < 4.78 is 16.8. The molecule has 0 fully saturated rings. The average molecular weight is 926 g/mol. The Balaban J connectivity index is 4.32. The van der Waals surface area contributed by atoms with Gasteiger partial charge in [0.05, 0.1) is 0 Å². The highest BCUT2D eigenvalue weighted by Gasteiger charge is 2.19. The van der Waals surface area contributed by atoms with Crippen LogP contribution in [0.5, 0.6) is 0 Å². The largest absolute Gasteiger partial charge is 0.462 e. The lowest BCUT2D eigenvalue weighted by Gasteiger charge is -2.18. The first kappa shape index (κ1) is 63.4. The fourth-order valence-corrected chi connectivity index (χ4v) is 8.15. The molecule has 0 aliphatic heterocycles. The van der Waals surface area contributed by atoms with Crippen molar-refractivity contribution in [3.05, 3.63) is 48.6 Å². The predicted octanol–water partition coefficient (Wildman–Crippen LogP) is 19.0. The third-order valence-corrected chi connectivity index (χ3v) is 12.5. The zero-order valence-corrected chi connectivity index (χ0v) is 44.0. The van der Waals surface area contributed by atoms with Crippen LogP contribution in [0.15, 0.2) is 48.6 Å². The van der Waals surface area contributed by atoms with E-state index in [0.29, 0.717) is 19.3 Å². The Morgan fingerprint density at radius 3 is 0.894 bits per heavy atom. The number of rotatable bonds is 52. The van der Waals surface area contributed by atoms with Crippen molar-refractivity contribution >= 4 is 17.9 Å². The lowest BCUT2D eigenvalue weighted by molar-refractivity contribution is -0.167. The minimum atomic E-state index is -0.781. The summed E-state index contributed by atoms with van der Waals surface area (Å²) >= 11 is 0. The SMILES string of the molecule is CCCC/C=C\CCCCCCCC(=O)OCC(COC(=O)CCCCCCCCCCC/C=C\C/C=C\CCCCCCC)OC(=O)CCCCCCC/C=C\CCCCCCCCC. The van der Waals surface area contributed by atoms with Crippen molar-refractivity contribution in [3.8, 4) is 0 Å². The van der Waals surface area contributed by atoms with Crippen LogP contribution >= 0.6 is 0 Å². The quantitative estimate of drug-likeness (QED) is 0.0262. The van der Waals surface area contributed by atoms with Gasteiger partial charge in [0.2, 0.25) is 0 Å². The molecule has 0 aromatic heterocycles. The smallest absolute Gasteiger partial charge is 0.306 e. The van der Waals surface area contributed by atoms with Gasteiger partial charge in [-0.2, -0.15) is 0 Å². The van der Waals surface area contributed by atoms with Gasteiger partial charge in [0.25, 0.3) is 0 Å². The first-order valence-corrected chi connectivity index (χ1v) is 28.6. The minimum absolute atomic E-state index is 0.0800. The normalized spacial score (nSPS) is 12.3. The third kappa shape index (κ3) is 52.3. The van der Waals surface area contributed by atoms with Gasteiger partial charge in [-0.1, -0.05) is 230 Å². The summed E-state index contributed by atoms with van der Waals surface area (Å²) in [5.74, 6) is -0.891. The van der Waals surface area contributed by atoms with E-state index in [-0.39, 0.29) is 31.1 Å². The number of carbonyl (C=O) groups excluding carboxylic acids is 3. The molecule has 0 N–H and O–H groups in total. The molecule has 0 aromatic carbocycles. The topological polar surface area (TPSA) is 78.9 Å². The number of ether oxygens (including phenoxy) is 3. The molecule has 1 atom stereocenters. The zero-order chi connectivity index (χ0) is 47.9. The summed E-state index contributed by atoms with van der Waals surface area (Å²) in [4.78, 5) is 38.1. The van der Waals surface area contributed by atoms with Gasteiger partial charge >= 0.3 is 17.9 Å². The van der Waals surface area contributed by atoms with Crippen molar-refractivity contribution in [2.45, 2.75) is 303 Å². The molecular weight excluding hydrogens is 817 g/mol. The van der Waals surface area contributed by atoms with E-state index in [1.165, 1.54) is 173 Å². The van der Waals surface area contributed by atoms with Crippen LogP contribution in [0.3, 0.4) is 0 Å². The first-order chi connectivity index (χ1) is 32.5. The number of allylic oxidation sites excluding steroid dienone is 8. The molecule has 0 saturated heterocycles. The highest BCUT2D eigenvalue weighted by molar-refractivity contribution is 5.71. The van der Waals surface area contributed by atoms with E-state index >= 15 is 0 Å². The number of hydrogen-bond acceptors (Lipinski definition) is 6. The van der Waals surface area contributed by atoms with Gasteiger partial charge in [0.1, 0.15) is 13.2 Å². The van der Waals surface area contributed by atoms with Crippen LogP contribution in [-0.4, -0.2) is 37.2 Å². The molecule has 384 valence electrons. The first-order valence-electron chi connectivity index (χ1n) is 28.6. The van der Waals surface area contributed by atoms with E-state index in [1.807, 2.05) is 0 Å². The van der Waals surface area contributed by atoms with Crippen LogP contribution in [0.4, 0.5) is 0 Å². The summed E-state index contributed by atoms with van der Waals surface area (Å²) in [6.07, 6.45) is 66.7. The number of unbranched alkanes of at least 4 members (excludes halogenated alkanes) is 33. The molecule has 0 spiro atoms. The molecule has 0 amide bonds. The van der Waals surface area contributed by atoms with E-state index in [2.05, 4.69) is 69.4 Å². The minimum Gasteiger partial charge on any atom is -0.462 e. The molecule has 6 nitrogen and oxygen atoms in total. The molecule has 0 aliphatic rings. The highest BCUT2D eigenvalue weighted by Crippen LogP contribution is 2.15. The molecule has 0 aliphatic carbocycles. The molecule has 66 heavy (non-hydrogen) atoms. The van der Waals surface area contributed by atoms with Crippen molar-refractivity contribution in [3.63, 3.8) is 0 Å². The van der Waals surface area contributed by atoms with Crippen LogP contribution in [0.25, 0.3) is 0 Å². The molecule has 0 bridgehead atoms. The van der Waals surface area contributed by atoms with Crippen LogP contribution in [-0.2, 0) is 28.6 Å². The van der Waals surface area contributed by atoms with Crippen molar-refractivity contribution in [2.75, 3.05) is 13.2 Å². The summed E-state index contributed by atoms with van der Waals surface area (Å²) in [6, 6.07) is 0. The van der Waals surface area contributed by atoms with E-state index in [1.54, 1.807) is 0 Å². The maximum absolute atomic E-state index is 12.8. The highest BCUT2D eigenvalue weighted by atomic mass is 16.6. The van der Waals surface area contributed by atoms with Gasteiger partial charge in [-0.05, 0) is 96.3 Å². The second-order valence-electron chi connectivity index (χ2n) is 19.2. The molecule has 1 unspecified atom stereocenters. The van der Waals surface area contributed by atoms with Crippen molar-refractivity contribution < 1.29 is 28.6 Å². The number of hydrogen-bond donors (Lipinski definition) is 0. The monoisotopic (exact) mass is 925 g/mol. The van der Waals surface area contributed by atoms with Crippen molar-refractivity contribution in [2.24, 2.45) is 0 Å². The summed E-state index contributed by atoms with van der Waals surface area (Å²) in [5, 5.41) is 0. The van der Waals surface area contributed by atoms with Crippen LogP contribution in [0.1, 0.15) is 297 Å². The molecule has 0 heterocycles. The van der Waals surface area contributed by atoms with Crippen molar-refractivity contribution in [1.29, 1.82) is 0 Å². The van der Waals surface area contributed by atoms with Crippen molar-refractivity contribution in [1.82, 2.24) is 0 Å². The molecule has 0 radical (unpaired) electrons. The molecule has 0 aromatic rings. The Kier molecular flexibility index (Phi) is 52.8. The summed E-state index contributed by atoms with van der Waals surface area (Å²) in [7, 11) is 0. The fourth-order valence-electron chi connectivity index (χ4n) is 8.15. The lowest BCUT2D eigenvalue weighted by Crippen LogP contribution is -2.30. The molecule has 6 heteroatoms. The van der Waals surface area contributed by atoms with Crippen LogP contribution < -0.4 is 0 Å². The van der Waals surface area contributed by atoms with Gasteiger partial charge in [-0.25, -0.2) is 0 Å². The van der Waals surface area contributed by atoms with Crippen LogP contribution in [0.2, 0.25) is 0 Å². The Morgan fingerprint density at radius 2 is 0.561 bits per heavy atom. The molecule has 0 saturated carbocycles. The predicted molar refractivity (Wildman–Crippen MR) is 284 cm³/mol. The Bertz CT molecular complexity index is 1150. The fraction of sp³-hybridized carbons (Fsp3) is 0.817. The zero-order valence-electron chi connectivity index (χ0n) is 44.0. The van der Waals surface area contributed by atoms with E-state index in [4.69, 9.17) is 14.2 Å². The second-order valence-corrected chi connectivity index (χ2v) is 19.2. The Hall–Kier alpha value is -2.63. The van der Waals surface area contributed by atoms with E-state index < -0.39 is 6.10 Å². The standard InChI is InChI=1S/C60H108O6/c1-4-7-10-13-16-19-22-24-26-28-29-30-31-32-34-35-38-41-44-47-50-53-59(62)65-56-57(55-64-58(61)52-49-46-43-40-37-21-18-15-12-9-6-3)66-60(63)54-51-48-45-42-39-36-33-27-25-23-20-17-14-11-8-5-2/h15,18,22,24,27-29,33,57H,4-14,16-17,19-21,23,25-26,30-32,34-56H2,1-3H3/b18-15-,24-22-,29-28-,33-27-. The average Bonchev–Trinajstić information content (AvgIpc) is 3.31. The second kappa shape index (κ2) is 55.0. The summed E-state index contributed by atoms with van der Waals surface area (Å²) in [5.41, 5.74) is 0. The Labute approximate surface area is 409 Å². The van der Waals surface area contributed by atoms with Gasteiger partial charge < -0.3 is 14.2 Å². The number of esters is 3. The van der Waals surface area contributed by atoms with E-state index in [0.717, 1.165) is 83.5 Å². The van der Waals surface area contributed by atoms with Gasteiger partial charge in [-0.3, -0.25) is 14.4 Å². The maximum Gasteiger partial charge on any atom is 0.306 e. The number of carbonyl (C=O) groups is 3. The maximum atomic E-state index is 12.8.